The molecule has 2 aliphatic heterocycles. The number of fused-ring (bicyclic) bond motifs is 1. The summed E-state index contributed by atoms with van der Waals surface area (Å²) in [5, 5.41) is 11.2. The highest BCUT2D eigenvalue weighted by molar-refractivity contribution is 5.74. The van der Waals surface area contributed by atoms with Crippen molar-refractivity contribution in [3.05, 3.63) is 35.9 Å². The number of ether oxygens (including phenoxy) is 2. The molecule has 0 bridgehead atoms. The van der Waals surface area contributed by atoms with Crippen molar-refractivity contribution >= 4 is 5.97 Å². The number of aliphatic hydroxyl groups excluding tert-OH is 1. The Kier molecular flexibility index (Phi) is 7.09. The van der Waals surface area contributed by atoms with Crippen molar-refractivity contribution in [2.45, 2.75) is 75.2 Å². The number of hydrogen-bond acceptors (Lipinski definition) is 6. The number of nitrogens with two attached hydrogens (primary N) is 1. The number of rotatable bonds is 7. The quantitative estimate of drug-likeness (QED) is 0.614. The van der Waals surface area contributed by atoms with E-state index in [1.165, 1.54) is 4.90 Å². The predicted molar refractivity (Wildman–Crippen MR) is 110 cm³/mol. The fraction of sp³-hybridized carbons (Fsp3) is 0.696. The van der Waals surface area contributed by atoms with Gasteiger partial charge in [0.1, 0.15) is 12.1 Å². The Bertz CT molecular complexity index is 772. The van der Waals surface area contributed by atoms with Crippen molar-refractivity contribution in [1.82, 2.24) is 4.90 Å². The number of halogens is 3. The Labute approximate surface area is 185 Å². The molecule has 0 aromatic heterocycles. The average molecular weight is 457 g/mol. The van der Waals surface area contributed by atoms with E-state index in [1.54, 1.807) is 24.3 Å². The fourth-order valence-corrected chi connectivity index (χ4v) is 5.54. The first-order valence-corrected chi connectivity index (χ1v) is 11.4. The molecule has 3 fully saturated rings. The number of hydrogen-bond donors (Lipinski definition) is 2. The predicted octanol–water partition coefficient (Wildman–Crippen LogP) is 2.63. The molecule has 0 radical (unpaired) electrons. The molecule has 32 heavy (non-hydrogen) atoms. The maximum atomic E-state index is 13.8. The molecule has 1 aliphatic carbocycles. The van der Waals surface area contributed by atoms with Crippen LogP contribution in [0, 0.1) is 11.8 Å². The van der Waals surface area contributed by atoms with Crippen molar-refractivity contribution in [2.24, 2.45) is 17.6 Å². The second kappa shape index (κ2) is 9.67. The second-order valence-corrected chi connectivity index (χ2v) is 9.20. The first-order chi connectivity index (χ1) is 15.3. The maximum Gasteiger partial charge on any atom is 0.404 e. The third-order valence-corrected chi connectivity index (χ3v) is 7.14. The molecule has 2 heterocycles. The summed E-state index contributed by atoms with van der Waals surface area (Å²) in [7, 11) is 0. The molecule has 2 saturated heterocycles. The van der Waals surface area contributed by atoms with E-state index in [2.05, 4.69) is 0 Å². The van der Waals surface area contributed by atoms with Crippen LogP contribution in [-0.4, -0.2) is 65.8 Å². The highest BCUT2D eigenvalue weighted by atomic mass is 19.4. The minimum absolute atomic E-state index is 0.0121. The van der Waals surface area contributed by atoms with Crippen LogP contribution in [0.25, 0.3) is 0 Å². The molecule has 3 aliphatic rings. The lowest BCUT2D eigenvalue weighted by Gasteiger charge is -2.39. The van der Waals surface area contributed by atoms with Gasteiger partial charge in [0, 0.05) is 12.5 Å². The van der Waals surface area contributed by atoms with Crippen LogP contribution in [-0.2, 0) is 20.7 Å². The summed E-state index contributed by atoms with van der Waals surface area (Å²) in [6, 6.07) is 7.00. The highest BCUT2D eigenvalue weighted by Gasteiger charge is 2.57. The van der Waals surface area contributed by atoms with Crippen molar-refractivity contribution in [1.29, 1.82) is 0 Å². The van der Waals surface area contributed by atoms with Crippen LogP contribution in [0.4, 0.5) is 13.2 Å². The van der Waals surface area contributed by atoms with Crippen molar-refractivity contribution in [3.8, 4) is 0 Å². The van der Waals surface area contributed by atoms with Gasteiger partial charge in [-0.2, -0.15) is 13.2 Å². The van der Waals surface area contributed by atoms with Gasteiger partial charge in [-0.15, -0.1) is 0 Å². The standard InChI is InChI=1S/C23H31F3N2O4/c24-23(25,26)19-12-15-7-4-8-18(15)28(19)21(27)20(29)17(11-14-5-2-1-3-6-14)22(30)32-16-9-10-31-13-16/h1-3,5-6,15-21,29H,4,7-13,27H2/t15-,16?,17-,18-,19-,20+,21?/m0/s1. The van der Waals surface area contributed by atoms with Crippen LogP contribution in [0.15, 0.2) is 30.3 Å². The van der Waals surface area contributed by atoms with Crippen LogP contribution in [0.5, 0.6) is 0 Å². The molecule has 0 amide bonds. The molecule has 1 aromatic rings. The number of esters is 1. The largest absolute Gasteiger partial charge is 0.460 e. The first kappa shape index (κ1) is 23.5. The average Bonchev–Trinajstić information content (AvgIpc) is 3.48. The monoisotopic (exact) mass is 456 g/mol. The van der Waals surface area contributed by atoms with E-state index in [0.29, 0.717) is 19.4 Å². The number of nitrogens with zero attached hydrogens (tertiary/aromatic N) is 1. The van der Waals surface area contributed by atoms with E-state index >= 15 is 0 Å². The summed E-state index contributed by atoms with van der Waals surface area (Å²) in [4.78, 5) is 14.3. The van der Waals surface area contributed by atoms with Crippen LogP contribution < -0.4 is 5.73 Å². The first-order valence-electron chi connectivity index (χ1n) is 11.4. The second-order valence-electron chi connectivity index (χ2n) is 9.20. The molecule has 1 saturated carbocycles. The number of aliphatic hydroxyl groups is 1. The van der Waals surface area contributed by atoms with Gasteiger partial charge in [0.25, 0.3) is 0 Å². The third-order valence-electron chi connectivity index (χ3n) is 7.14. The molecule has 1 aromatic carbocycles. The van der Waals surface area contributed by atoms with Gasteiger partial charge < -0.3 is 20.3 Å². The smallest absolute Gasteiger partial charge is 0.404 e. The van der Waals surface area contributed by atoms with Gasteiger partial charge in [-0.1, -0.05) is 36.8 Å². The van der Waals surface area contributed by atoms with Crippen LogP contribution in [0.2, 0.25) is 0 Å². The van der Waals surface area contributed by atoms with E-state index in [4.69, 9.17) is 15.2 Å². The minimum Gasteiger partial charge on any atom is -0.460 e. The molecule has 4 rings (SSSR count). The normalized spacial score (nSPS) is 31.3. The van der Waals surface area contributed by atoms with Crippen molar-refractivity contribution in [3.63, 3.8) is 0 Å². The Morgan fingerprint density at radius 3 is 2.66 bits per heavy atom. The molecule has 2 unspecified atom stereocenters. The van der Waals surface area contributed by atoms with Gasteiger partial charge in [-0.25, -0.2) is 0 Å². The fourth-order valence-electron chi connectivity index (χ4n) is 5.54. The number of benzene rings is 1. The van der Waals surface area contributed by atoms with Gasteiger partial charge in [-0.05, 0) is 37.2 Å². The summed E-state index contributed by atoms with van der Waals surface area (Å²) in [6.45, 7) is 0.755. The minimum atomic E-state index is -4.45. The van der Waals surface area contributed by atoms with Crippen molar-refractivity contribution in [2.75, 3.05) is 13.2 Å². The van der Waals surface area contributed by atoms with Crippen LogP contribution in [0.1, 0.15) is 37.7 Å². The van der Waals surface area contributed by atoms with Crippen molar-refractivity contribution < 1.29 is 32.5 Å². The number of alkyl halides is 3. The van der Waals surface area contributed by atoms with Gasteiger partial charge in [0.05, 0.1) is 31.4 Å². The van der Waals surface area contributed by atoms with E-state index < -0.39 is 42.5 Å². The zero-order valence-electron chi connectivity index (χ0n) is 17.9. The molecule has 9 heteroatoms. The Morgan fingerprint density at radius 1 is 1.25 bits per heavy atom. The maximum absolute atomic E-state index is 13.8. The van der Waals surface area contributed by atoms with Crippen LogP contribution >= 0.6 is 0 Å². The Hall–Kier alpha value is -1.68. The van der Waals surface area contributed by atoms with E-state index in [-0.39, 0.29) is 31.4 Å². The van der Waals surface area contributed by atoms with Gasteiger partial charge in [0.2, 0.25) is 0 Å². The molecule has 6 nitrogen and oxygen atoms in total. The Morgan fingerprint density at radius 2 is 2.00 bits per heavy atom. The lowest BCUT2D eigenvalue weighted by atomic mass is 9.91. The Balaban J connectivity index is 1.56. The molecule has 178 valence electrons. The molecular weight excluding hydrogens is 425 g/mol. The molecule has 3 N–H and O–H groups in total. The number of carbonyl (C=O) groups excluding carboxylic acids is 1. The summed E-state index contributed by atoms with van der Waals surface area (Å²) in [6.07, 6.45) is -4.84. The van der Waals surface area contributed by atoms with E-state index in [1.807, 2.05) is 6.07 Å². The summed E-state index contributed by atoms with van der Waals surface area (Å²) in [5.74, 6) is -1.82. The lowest BCUT2D eigenvalue weighted by molar-refractivity contribution is -0.193. The number of carbonyl (C=O) groups is 1. The molecule has 0 spiro atoms. The third kappa shape index (κ3) is 4.95. The highest BCUT2D eigenvalue weighted by Crippen LogP contribution is 2.47. The van der Waals surface area contributed by atoms with E-state index in [0.717, 1.165) is 18.4 Å². The van der Waals surface area contributed by atoms with Crippen LogP contribution in [0.3, 0.4) is 0 Å². The van der Waals surface area contributed by atoms with Gasteiger partial charge in [-0.3, -0.25) is 9.69 Å². The van der Waals surface area contributed by atoms with E-state index in [9.17, 15) is 23.1 Å². The molecular formula is C23H31F3N2O4. The summed E-state index contributed by atoms with van der Waals surface area (Å²) < 4.78 is 52.3. The zero-order valence-corrected chi connectivity index (χ0v) is 17.9. The summed E-state index contributed by atoms with van der Waals surface area (Å²) in [5.41, 5.74) is 7.08. The van der Waals surface area contributed by atoms with Gasteiger partial charge in [0.15, 0.2) is 0 Å². The zero-order chi connectivity index (χ0) is 22.9. The van der Waals surface area contributed by atoms with Gasteiger partial charge >= 0.3 is 12.1 Å². The lowest BCUT2D eigenvalue weighted by Crippen LogP contribution is -2.60. The number of likely N-dealkylation sites (tertiary alicyclic amines) is 1. The topological polar surface area (TPSA) is 85.0 Å². The SMILES string of the molecule is NC([C@H](O)[C@H](Cc1ccccc1)C(=O)OC1CCOC1)N1[C@H](C(F)(F)F)C[C@@H]2CCC[C@@H]21. The summed E-state index contributed by atoms with van der Waals surface area (Å²) >= 11 is 0. The molecule has 7 atom stereocenters.